The molecule has 2 N–H and O–H groups in total. The molecule has 3 aromatic rings. The number of nitrogens with zero attached hydrogens (tertiary/aromatic N) is 3. The zero-order valence-electron chi connectivity index (χ0n) is 14.1. The average molecular weight is 420 g/mol. The monoisotopic (exact) mass is 419 g/mol. The van der Waals surface area contributed by atoms with Crippen molar-refractivity contribution in [3.63, 3.8) is 0 Å². The first-order valence-corrected chi connectivity index (χ1v) is 9.92. The third kappa shape index (κ3) is 4.50. The zero-order chi connectivity index (χ0) is 18.6. The Morgan fingerprint density at radius 1 is 1.07 bits per heavy atom. The van der Waals surface area contributed by atoms with Crippen molar-refractivity contribution in [1.82, 2.24) is 15.3 Å². The molecule has 1 aromatic carbocycles. The number of anilines is 1. The maximum atomic E-state index is 6.06. The molecule has 2 aromatic heterocycles. The number of hydrogen-bond donors (Lipinski definition) is 2. The van der Waals surface area contributed by atoms with Crippen LogP contribution in [0.2, 0.25) is 10.2 Å². The minimum Gasteiger partial charge on any atom is -0.438 e. The average Bonchev–Trinajstić information content (AvgIpc) is 3.13. The van der Waals surface area contributed by atoms with E-state index in [9.17, 15) is 0 Å². The molecule has 0 bridgehead atoms. The van der Waals surface area contributed by atoms with Crippen LogP contribution in [0.1, 0.15) is 6.42 Å². The van der Waals surface area contributed by atoms with E-state index in [0.717, 1.165) is 41.9 Å². The van der Waals surface area contributed by atoms with Crippen LogP contribution in [0.4, 0.5) is 5.13 Å². The highest BCUT2D eigenvalue weighted by Crippen LogP contribution is 2.34. The largest absolute Gasteiger partial charge is 0.438 e. The Hall–Kier alpha value is -2.35. The number of aromatic nitrogens is 2. The van der Waals surface area contributed by atoms with E-state index in [0.29, 0.717) is 21.8 Å². The van der Waals surface area contributed by atoms with Gasteiger partial charge in [0.2, 0.25) is 5.88 Å². The van der Waals surface area contributed by atoms with E-state index in [2.05, 4.69) is 25.6 Å². The van der Waals surface area contributed by atoms with Crippen LogP contribution in [0.15, 0.2) is 46.8 Å². The molecule has 3 heterocycles. The number of hydrogen-bond acceptors (Lipinski definition) is 7. The van der Waals surface area contributed by atoms with Gasteiger partial charge < -0.3 is 15.4 Å². The maximum absolute atomic E-state index is 6.06. The molecule has 0 amide bonds. The van der Waals surface area contributed by atoms with Gasteiger partial charge in [0.05, 0.1) is 11.3 Å². The number of pyridine rings is 1. The molecule has 0 saturated heterocycles. The number of thiazole rings is 1. The standard InChI is InChI=1S/C18H15Cl2N5OS/c19-11-2-4-12(5-3-11)26-16-13(6-7-15(20)24-16)14-10-27-18(23-14)25-17-21-8-1-9-22-17/h2-7,10H,1,8-9H2,(H2,21,22,23,25). The minimum atomic E-state index is 0.344. The lowest BCUT2D eigenvalue weighted by molar-refractivity contribution is 0.465. The third-order valence-corrected chi connectivity index (χ3v) is 4.98. The van der Waals surface area contributed by atoms with Crippen LogP contribution in [-0.2, 0) is 0 Å². The number of guanidine groups is 1. The minimum absolute atomic E-state index is 0.344. The molecular formula is C18H15Cl2N5OS. The van der Waals surface area contributed by atoms with E-state index >= 15 is 0 Å². The van der Waals surface area contributed by atoms with E-state index in [4.69, 9.17) is 27.9 Å². The second-order valence-corrected chi connectivity index (χ2v) is 7.40. The lowest BCUT2D eigenvalue weighted by Gasteiger charge is -2.14. The highest BCUT2D eigenvalue weighted by Gasteiger charge is 2.15. The summed E-state index contributed by atoms with van der Waals surface area (Å²) in [5.74, 6) is 1.74. The molecule has 0 saturated carbocycles. The molecule has 0 spiro atoms. The Morgan fingerprint density at radius 2 is 1.93 bits per heavy atom. The first-order valence-electron chi connectivity index (χ1n) is 8.28. The van der Waals surface area contributed by atoms with E-state index in [1.807, 2.05) is 11.4 Å². The molecule has 0 unspecified atom stereocenters. The molecule has 9 heteroatoms. The van der Waals surface area contributed by atoms with Gasteiger partial charge in [-0.15, -0.1) is 11.3 Å². The molecule has 0 atom stereocenters. The summed E-state index contributed by atoms with van der Waals surface area (Å²) in [6.45, 7) is 1.72. The topological polar surface area (TPSA) is 71.4 Å². The van der Waals surface area contributed by atoms with Crippen LogP contribution in [0.5, 0.6) is 11.6 Å². The molecule has 0 radical (unpaired) electrons. The van der Waals surface area contributed by atoms with Crippen LogP contribution in [0, 0.1) is 0 Å². The summed E-state index contributed by atoms with van der Waals surface area (Å²) < 4.78 is 5.91. The number of aliphatic imine (C=N–C) groups is 1. The van der Waals surface area contributed by atoms with Crippen molar-refractivity contribution in [3.8, 4) is 22.9 Å². The van der Waals surface area contributed by atoms with Crippen LogP contribution >= 0.6 is 34.5 Å². The quantitative estimate of drug-likeness (QED) is 0.577. The van der Waals surface area contributed by atoms with Crippen molar-refractivity contribution in [3.05, 3.63) is 52.0 Å². The van der Waals surface area contributed by atoms with Gasteiger partial charge in [-0.2, -0.15) is 0 Å². The fourth-order valence-corrected chi connectivity index (χ4v) is 3.45. The van der Waals surface area contributed by atoms with Gasteiger partial charge in [0.15, 0.2) is 11.1 Å². The second kappa shape index (κ2) is 8.12. The van der Waals surface area contributed by atoms with Gasteiger partial charge in [0, 0.05) is 23.5 Å². The predicted molar refractivity (Wildman–Crippen MR) is 110 cm³/mol. The van der Waals surface area contributed by atoms with Crippen molar-refractivity contribution < 1.29 is 4.74 Å². The summed E-state index contributed by atoms with van der Waals surface area (Å²) in [6.07, 6.45) is 1.04. The molecular weight excluding hydrogens is 405 g/mol. The van der Waals surface area contributed by atoms with Gasteiger partial charge in [0.1, 0.15) is 10.9 Å². The summed E-state index contributed by atoms with van der Waals surface area (Å²) in [7, 11) is 0. The molecule has 0 aliphatic carbocycles. The fourth-order valence-electron chi connectivity index (χ4n) is 2.48. The number of rotatable bonds is 4. The Labute approximate surface area is 170 Å². The molecule has 4 rings (SSSR count). The molecule has 1 aliphatic heterocycles. The van der Waals surface area contributed by atoms with Gasteiger partial charge in [-0.05, 0) is 42.8 Å². The van der Waals surface area contributed by atoms with Gasteiger partial charge in [-0.3, -0.25) is 4.99 Å². The first-order chi connectivity index (χ1) is 13.2. The molecule has 138 valence electrons. The van der Waals surface area contributed by atoms with Crippen molar-refractivity contribution in [2.24, 2.45) is 4.99 Å². The highest BCUT2D eigenvalue weighted by atomic mass is 35.5. The smallest absolute Gasteiger partial charge is 0.230 e. The van der Waals surface area contributed by atoms with E-state index in [-0.39, 0.29) is 0 Å². The van der Waals surface area contributed by atoms with E-state index in [1.165, 1.54) is 11.3 Å². The summed E-state index contributed by atoms with van der Waals surface area (Å²) in [4.78, 5) is 13.3. The number of nitrogens with one attached hydrogen (secondary N) is 2. The predicted octanol–water partition coefficient (Wildman–Crippen LogP) is 5.07. The van der Waals surface area contributed by atoms with Crippen molar-refractivity contribution in [2.75, 3.05) is 18.4 Å². The summed E-state index contributed by atoms with van der Waals surface area (Å²) in [5, 5.41) is 10.1. The molecule has 27 heavy (non-hydrogen) atoms. The Morgan fingerprint density at radius 3 is 2.70 bits per heavy atom. The second-order valence-electron chi connectivity index (χ2n) is 5.72. The summed E-state index contributed by atoms with van der Waals surface area (Å²) in [5.41, 5.74) is 1.49. The Balaban J connectivity index is 1.59. The number of halogens is 2. The van der Waals surface area contributed by atoms with Crippen LogP contribution < -0.4 is 15.4 Å². The third-order valence-electron chi connectivity index (χ3n) is 3.76. The summed E-state index contributed by atoms with van der Waals surface area (Å²) in [6, 6.07) is 10.6. The fraction of sp³-hybridized carbons (Fsp3) is 0.167. The molecule has 6 nitrogen and oxygen atoms in total. The van der Waals surface area contributed by atoms with E-state index in [1.54, 1.807) is 30.3 Å². The Bertz CT molecular complexity index is 974. The van der Waals surface area contributed by atoms with Gasteiger partial charge in [-0.25, -0.2) is 9.97 Å². The first kappa shape index (κ1) is 18.0. The normalized spacial score (nSPS) is 13.6. The highest BCUT2D eigenvalue weighted by molar-refractivity contribution is 7.14. The number of benzene rings is 1. The van der Waals surface area contributed by atoms with E-state index < -0.39 is 0 Å². The maximum Gasteiger partial charge on any atom is 0.230 e. The zero-order valence-corrected chi connectivity index (χ0v) is 16.4. The SMILES string of the molecule is Clc1ccc(Oc2nc(Cl)ccc2-c2csc(NC3=NCCCN3)n2)cc1. The lowest BCUT2D eigenvalue weighted by atomic mass is 10.2. The van der Waals surface area contributed by atoms with Crippen molar-refractivity contribution >= 4 is 45.6 Å². The van der Waals surface area contributed by atoms with Crippen LogP contribution in [0.25, 0.3) is 11.3 Å². The number of ether oxygens (including phenoxy) is 1. The Kier molecular flexibility index (Phi) is 5.42. The van der Waals surface area contributed by atoms with Crippen molar-refractivity contribution in [2.45, 2.75) is 6.42 Å². The van der Waals surface area contributed by atoms with Crippen LogP contribution in [-0.4, -0.2) is 29.0 Å². The van der Waals surface area contributed by atoms with Gasteiger partial charge in [0.25, 0.3) is 0 Å². The molecule has 0 fully saturated rings. The molecule has 1 aliphatic rings. The van der Waals surface area contributed by atoms with Crippen molar-refractivity contribution in [1.29, 1.82) is 0 Å². The van der Waals surface area contributed by atoms with Gasteiger partial charge in [-0.1, -0.05) is 23.2 Å². The van der Waals surface area contributed by atoms with Gasteiger partial charge >= 0.3 is 0 Å². The van der Waals surface area contributed by atoms with Crippen LogP contribution in [0.3, 0.4) is 0 Å². The lowest BCUT2D eigenvalue weighted by Crippen LogP contribution is -2.35. The summed E-state index contributed by atoms with van der Waals surface area (Å²) >= 11 is 13.5.